The van der Waals surface area contributed by atoms with E-state index in [4.69, 9.17) is 5.73 Å². The van der Waals surface area contributed by atoms with E-state index in [0.717, 1.165) is 23.5 Å². The van der Waals surface area contributed by atoms with Gasteiger partial charge in [0, 0.05) is 31.9 Å². The lowest BCUT2D eigenvalue weighted by Crippen LogP contribution is -2.43. The molecule has 10 nitrogen and oxygen atoms in total. The first kappa shape index (κ1) is 27.8. The van der Waals surface area contributed by atoms with Gasteiger partial charge >= 0.3 is 0 Å². The molecule has 0 amide bonds. The van der Waals surface area contributed by atoms with Crippen LogP contribution in [-0.2, 0) is 16.6 Å². The van der Waals surface area contributed by atoms with E-state index < -0.39 is 33.0 Å². The standard InChI is InChI=1S/C24H28F2N6O4S2/c25-16-4-1-5-17(26)20(16)21(34)22-23(27)31-24(37-22)30-15-7-11-32(12-8-15)38(35,36)13-3-9-28-14-18-19(33)6-2-10-29-18/h1-2,4-6,10,15,28,33H,3,7-9,11-14,27H2,(H,30,31). The summed E-state index contributed by atoms with van der Waals surface area (Å²) in [5.74, 6) is -2.88. The molecule has 0 radical (unpaired) electrons. The number of hydrogen-bond acceptors (Lipinski definition) is 10. The van der Waals surface area contributed by atoms with Crippen molar-refractivity contribution in [2.24, 2.45) is 0 Å². The highest BCUT2D eigenvalue weighted by molar-refractivity contribution is 7.89. The van der Waals surface area contributed by atoms with Crippen LogP contribution in [0.3, 0.4) is 0 Å². The fraction of sp³-hybridized carbons (Fsp3) is 0.375. The third kappa shape index (κ3) is 6.62. The van der Waals surface area contributed by atoms with E-state index in [1.807, 2.05) is 0 Å². The zero-order valence-corrected chi connectivity index (χ0v) is 22.0. The summed E-state index contributed by atoms with van der Waals surface area (Å²) in [6.07, 6.45) is 3.02. The summed E-state index contributed by atoms with van der Waals surface area (Å²) in [7, 11) is -3.43. The van der Waals surface area contributed by atoms with E-state index in [2.05, 4.69) is 20.6 Å². The van der Waals surface area contributed by atoms with Gasteiger partial charge < -0.3 is 21.5 Å². The molecule has 1 fully saturated rings. The minimum atomic E-state index is -3.43. The molecule has 3 aromatic rings. The number of ketones is 1. The summed E-state index contributed by atoms with van der Waals surface area (Å²) in [4.78, 5) is 20.8. The summed E-state index contributed by atoms with van der Waals surface area (Å²) < 4.78 is 55.0. The van der Waals surface area contributed by atoms with Crippen LogP contribution in [0.2, 0.25) is 0 Å². The van der Waals surface area contributed by atoms with E-state index in [-0.39, 0.29) is 28.2 Å². The molecular formula is C24H28F2N6O4S2. The van der Waals surface area contributed by atoms with Gasteiger partial charge in [-0.1, -0.05) is 17.4 Å². The van der Waals surface area contributed by atoms with Crippen LogP contribution in [0, 0.1) is 11.6 Å². The largest absolute Gasteiger partial charge is 0.506 e. The molecule has 0 saturated carbocycles. The van der Waals surface area contributed by atoms with Crippen molar-refractivity contribution in [2.75, 3.05) is 36.4 Å². The van der Waals surface area contributed by atoms with Crippen LogP contribution in [0.4, 0.5) is 19.7 Å². The minimum absolute atomic E-state index is 0.00656. The minimum Gasteiger partial charge on any atom is -0.506 e. The summed E-state index contributed by atoms with van der Waals surface area (Å²) in [5, 5.41) is 16.3. The van der Waals surface area contributed by atoms with E-state index in [1.54, 1.807) is 18.3 Å². The fourth-order valence-electron chi connectivity index (χ4n) is 4.12. The van der Waals surface area contributed by atoms with Gasteiger partial charge in [-0.15, -0.1) is 0 Å². The zero-order valence-electron chi connectivity index (χ0n) is 20.4. The molecule has 0 atom stereocenters. The van der Waals surface area contributed by atoms with Gasteiger partial charge in [-0.05, 0) is 50.1 Å². The fourth-order valence-corrected chi connectivity index (χ4v) is 6.56. The maximum Gasteiger partial charge on any atom is 0.214 e. The van der Waals surface area contributed by atoms with Gasteiger partial charge in [0.25, 0.3) is 0 Å². The number of aromatic nitrogens is 2. The number of nitrogen functional groups attached to an aromatic ring is 1. The number of aromatic hydroxyl groups is 1. The lowest BCUT2D eigenvalue weighted by Gasteiger charge is -2.31. The molecule has 1 aromatic carbocycles. The zero-order chi connectivity index (χ0) is 27.3. The average Bonchev–Trinajstić information content (AvgIpc) is 3.24. The number of carbonyl (C=O) groups is 1. The lowest BCUT2D eigenvalue weighted by atomic mass is 10.1. The predicted molar refractivity (Wildman–Crippen MR) is 141 cm³/mol. The van der Waals surface area contributed by atoms with E-state index in [1.165, 1.54) is 10.4 Å². The van der Waals surface area contributed by atoms with E-state index in [0.29, 0.717) is 56.3 Å². The maximum atomic E-state index is 14.0. The molecule has 14 heteroatoms. The first-order valence-corrected chi connectivity index (χ1v) is 14.4. The van der Waals surface area contributed by atoms with Crippen LogP contribution < -0.4 is 16.4 Å². The first-order chi connectivity index (χ1) is 18.2. The summed E-state index contributed by atoms with van der Waals surface area (Å²) in [6, 6.07) is 6.24. The number of sulfonamides is 1. The molecule has 1 saturated heterocycles. The van der Waals surface area contributed by atoms with Crippen molar-refractivity contribution in [3.63, 3.8) is 0 Å². The van der Waals surface area contributed by atoms with Gasteiger partial charge in [-0.25, -0.2) is 26.5 Å². The van der Waals surface area contributed by atoms with Crippen molar-refractivity contribution >= 4 is 38.1 Å². The van der Waals surface area contributed by atoms with Crippen LogP contribution in [-0.4, -0.2) is 65.0 Å². The second-order valence-corrected chi connectivity index (χ2v) is 11.9. The number of piperidine rings is 1. The number of hydrogen-bond donors (Lipinski definition) is 4. The Balaban J connectivity index is 1.25. The number of nitrogens with zero attached hydrogens (tertiary/aromatic N) is 3. The van der Waals surface area contributed by atoms with Crippen LogP contribution in [0.1, 0.15) is 40.2 Å². The molecule has 3 heterocycles. The van der Waals surface area contributed by atoms with Crippen molar-refractivity contribution in [3.05, 3.63) is 64.3 Å². The van der Waals surface area contributed by atoms with Crippen molar-refractivity contribution in [1.29, 1.82) is 0 Å². The van der Waals surface area contributed by atoms with E-state index in [9.17, 15) is 27.1 Å². The van der Waals surface area contributed by atoms with Crippen molar-refractivity contribution in [1.82, 2.24) is 19.6 Å². The smallest absolute Gasteiger partial charge is 0.214 e. The number of nitrogens with two attached hydrogens (primary N) is 1. The van der Waals surface area contributed by atoms with E-state index >= 15 is 0 Å². The number of anilines is 2. The third-order valence-electron chi connectivity index (χ3n) is 6.14. The SMILES string of the molecule is Nc1nc(NC2CCN(S(=O)(=O)CCCNCc3ncccc3O)CC2)sc1C(=O)c1c(F)cccc1F. The highest BCUT2D eigenvalue weighted by atomic mass is 32.2. The maximum absolute atomic E-state index is 14.0. The van der Waals surface area contributed by atoms with Gasteiger partial charge in [-0.3, -0.25) is 9.78 Å². The van der Waals surface area contributed by atoms with Crippen molar-refractivity contribution < 1.29 is 27.1 Å². The highest BCUT2D eigenvalue weighted by Crippen LogP contribution is 2.30. The third-order valence-corrected chi connectivity index (χ3v) is 9.10. The van der Waals surface area contributed by atoms with Gasteiger partial charge in [0.05, 0.1) is 17.0 Å². The van der Waals surface area contributed by atoms with Crippen LogP contribution in [0.5, 0.6) is 5.75 Å². The Kier molecular flexibility index (Phi) is 8.87. The van der Waals surface area contributed by atoms with Gasteiger partial charge in [0.1, 0.15) is 28.1 Å². The Labute approximate surface area is 223 Å². The predicted octanol–water partition coefficient (Wildman–Crippen LogP) is 2.72. The number of halogens is 2. The normalized spacial score (nSPS) is 15.0. The molecule has 0 spiro atoms. The number of thiazole rings is 1. The molecule has 0 unspecified atom stereocenters. The second-order valence-electron chi connectivity index (χ2n) is 8.79. The van der Waals surface area contributed by atoms with Gasteiger partial charge in [0.15, 0.2) is 5.13 Å². The topological polar surface area (TPSA) is 151 Å². The van der Waals surface area contributed by atoms with Crippen LogP contribution in [0.15, 0.2) is 36.5 Å². The monoisotopic (exact) mass is 566 g/mol. The molecule has 4 rings (SSSR count). The molecule has 1 aliphatic rings. The summed E-state index contributed by atoms with van der Waals surface area (Å²) in [6.45, 7) is 1.44. The molecule has 5 N–H and O–H groups in total. The molecule has 0 bridgehead atoms. The van der Waals surface area contributed by atoms with Crippen LogP contribution in [0.25, 0.3) is 0 Å². The average molecular weight is 567 g/mol. The second kappa shape index (κ2) is 12.1. The Morgan fingerprint density at radius 3 is 2.58 bits per heavy atom. The molecule has 1 aliphatic heterocycles. The van der Waals surface area contributed by atoms with Gasteiger partial charge in [0.2, 0.25) is 15.8 Å². The number of carbonyl (C=O) groups excluding carboxylic acids is 1. The highest BCUT2D eigenvalue weighted by Gasteiger charge is 2.29. The Morgan fingerprint density at radius 1 is 1.18 bits per heavy atom. The molecule has 204 valence electrons. The van der Waals surface area contributed by atoms with Crippen molar-refractivity contribution in [2.45, 2.75) is 31.8 Å². The Hall–Kier alpha value is -3.20. The number of nitrogens with one attached hydrogen (secondary N) is 2. The lowest BCUT2D eigenvalue weighted by molar-refractivity contribution is 0.103. The molecule has 0 aliphatic carbocycles. The molecular weight excluding hydrogens is 538 g/mol. The molecule has 38 heavy (non-hydrogen) atoms. The number of benzene rings is 1. The first-order valence-electron chi connectivity index (χ1n) is 12.0. The summed E-state index contributed by atoms with van der Waals surface area (Å²) in [5.41, 5.74) is 5.68. The Bertz CT molecular complexity index is 1370. The van der Waals surface area contributed by atoms with Gasteiger partial charge in [-0.2, -0.15) is 0 Å². The molecule has 2 aromatic heterocycles. The number of rotatable bonds is 11. The van der Waals surface area contributed by atoms with Crippen LogP contribution >= 0.6 is 11.3 Å². The Morgan fingerprint density at radius 2 is 1.89 bits per heavy atom. The number of pyridine rings is 1. The van der Waals surface area contributed by atoms with Crippen molar-refractivity contribution in [3.8, 4) is 5.75 Å². The summed E-state index contributed by atoms with van der Waals surface area (Å²) >= 11 is 0.906. The quantitative estimate of drug-likeness (QED) is 0.203.